The monoisotopic (exact) mass is 326 g/mol. The SMILES string of the molecule is O=C(CN1CCCCCC1)Nc1ccc(NCc2cc[nH]c2)cc1. The van der Waals surface area contributed by atoms with Gasteiger partial charge in [0.1, 0.15) is 0 Å². The number of carbonyl (C=O) groups is 1. The van der Waals surface area contributed by atoms with Crippen LogP contribution >= 0.6 is 0 Å². The van der Waals surface area contributed by atoms with E-state index in [1.54, 1.807) is 0 Å². The summed E-state index contributed by atoms with van der Waals surface area (Å²) in [6, 6.07) is 9.92. The molecule has 1 saturated heterocycles. The Bertz CT molecular complexity index is 613. The maximum Gasteiger partial charge on any atom is 0.238 e. The van der Waals surface area contributed by atoms with Gasteiger partial charge in [0.05, 0.1) is 6.54 Å². The van der Waals surface area contributed by atoms with Gasteiger partial charge in [-0.1, -0.05) is 12.8 Å². The number of nitrogens with one attached hydrogen (secondary N) is 3. The van der Waals surface area contributed by atoms with Gasteiger partial charge in [-0.3, -0.25) is 9.69 Å². The lowest BCUT2D eigenvalue weighted by atomic mass is 10.2. The van der Waals surface area contributed by atoms with Gasteiger partial charge in [-0.25, -0.2) is 0 Å². The van der Waals surface area contributed by atoms with Gasteiger partial charge in [-0.05, 0) is 61.8 Å². The van der Waals surface area contributed by atoms with Crippen molar-refractivity contribution in [3.63, 3.8) is 0 Å². The molecule has 2 heterocycles. The molecule has 0 bridgehead atoms. The summed E-state index contributed by atoms with van der Waals surface area (Å²) in [5, 5.41) is 6.35. The van der Waals surface area contributed by atoms with Crippen LogP contribution in [0.3, 0.4) is 0 Å². The van der Waals surface area contributed by atoms with Crippen LogP contribution in [0.1, 0.15) is 31.2 Å². The van der Waals surface area contributed by atoms with E-state index in [2.05, 4.69) is 20.5 Å². The molecule has 0 aliphatic carbocycles. The Kier molecular flexibility index (Phi) is 5.90. The van der Waals surface area contributed by atoms with Crippen LogP contribution < -0.4 is 10.6 Å². The first-order chi connectivity index (χ1) is 11.8. The predicted octanol–water partition coefficient (Wildman–Crippen LogP) is 3.44. The number of anilines is 2. The fourth-order valence-electron chi connectivity index (χ4n) is 3.04. The lowest BCUT2D eigenvalue weighted by molar-refractivity contribution is -0.117. The maximum atomic E-state index is 12.2. The highest BCUT2D eigenvalue weighted by atomic mass is 16.2. The number of hydrogen-bond donors (Lipinski definition) is 3. The van der Waals surface area contributed by atoms with Crippen LogP contribution in [0, 0.1) is 0 Å². The Morgan fingerprint density at radius 3 is 2.38 bits per heavy atom. The zero-order chi connectivity index (χ0) is 16.6. The first-order valence-electron chi connectivity index (χ1n) is 8.77. The summed E-state index contributed by atoms with van der Waals surface area (Å²) in [4.78, 5) is 17.5. The van der Waals surface area contributed by atoms with Crippen LogP contribution in [0.5, 0.6) is 0 Å². The Balaban J connectivity index is 1.45. The summed E-state index contributed by atoms with van der Waals surface area (Å²) >= 11 is 0. The fraction of sp³-hybridized carbons (Fsp3) is 0.421. The number of rotatable bonds is 6. The molecule has 128 valence electrons. The van der Waals surface area contributed by atoms with E-state index in [1.807, 2.05) is 42.7 Å². The fourth-order valence-corrected chi connectivity index (χ4v) is 3.04. The van der Waals surface area contributed by atoms with E-state index in [1.165, 1.54) is 31.2 Å². The summed E-state index contributed by atoms with van der Waals surface area (Å²) in [5.41, 5.74) is 3.11. The maximum absolute atomic E-state index is 12.2. The molecule has 5 heteroatoms. The van der Waals surface area contributed by atoms with Crippen molar-refractivity contribution in [2.75, 3.05) is 30.3 Å². The molecule has 24 heavy (non-hydrogen) atoms. The largest absolute Gasteiger partial charge is 0.381 e. The number of aromatic nitrogens is 1. The van der Waals surface area contributed by atoms with E-state index in [9.17, 15) is 4.79 Å². The molecule has 5 nitrogen and oxygen atoms in total. The van der Waals surface area contributed by atoms with Gasteiger partial charge < -0.3 is 15.6 Å². The van der Waals surface area contributed by atoms with Gasteiger partial charge in [0.15, 0.2) is 0 Å². The van der Waals surface area contributed by atoms with Crippen molar-refractivity contribution in [1.82, 2.24) is 9.88 Å². The molecule has 1 amide bonds. The second kappa shape index (κ2) is 8.55. The molecule has 0 atom stereocenters. The molecule has 2 aromatic rings. The van der Waals surface area contributed by atoms with Crippen molar-refractivity contribution in [3.8, 4) is 0 Å². The number of amides is 1. The average molecular weight is 326 g/mol. The summed E-state index contributed by atoms with van der Waals surface area (Å²) in [7, 11) is 0. The number of nitrogens with zero attached hydrogens (tertiary/aromatic N) is 1. The van der Waals surface area contributed by atoms with Crippen LogP contribution in [0.25, 0.3) is 0 Å². The summed E-state index contributed by atoms with van der Waals surface area (Å²) in [6.45, 7) is 3.35. The summed E-state index contributed by atoms with van der Waals surface area (Å²) < 4.78 is 0. The Hall–Kier alpha value is -2.27. The second-order valence-electron chi connectivity index (χ2n) is 6.39. The Morgan fingerprint density at radius 1 is 1.00 bits per heavy atom. The minimum absolute atomic E-state index is 0.0740. The summed E-state index contributed by atoms with van der Waals surface area (Å²) in [6.07, 6.45) is 8.87. The summed E-state index contributed by atoms with van der Waals surface area (Å²) in [5.74, 6) is 0.0740. The molecular formula is C19H26N4O. The van der Waals surface area contributed by atoms with Gasteiger partial charge in [0.2, 0.25) is 5.91 Å². The first kappa shape index (κ1) is 16.6. The van der Waals surface area contributed by atoms with Crippen molar-refractivity contribution < 1.29 is 4.79 Å². The third-order valence-electron chi connectivity index (χ3n) is 4.39. The molecule has 1 aliphatic rings. The molecule has 3 N–H and O–H groups in total. The minimum atomic E-state index is 0.0740. The number of H-pyrrole nitrogens is 1. The lowest BCUT2D eigenvalue weighted by Crippen LogP contribution is -2.33. The molecule has 1 aromatic heterocycles. The van der Waals surface area contributed by atoms with Crippen molar-refractivity contribution in [1.29, 1.82) is 0 Å². The second-order valence-corrected chi connectivity index (χ2v) is 6.39. The molecule has 1 fully saturated rings. The highest BCUT2D eigenvalue weighted by Crippen LogP contribution is 2.15. The molecule has 1 aliphatic heterocycles. The third kappa shape index (κ3) is 5.13. The Morgan fingerprint density at radius 2 is 1.71 bits per heavy atom. The highest BCUT2D eigenvalue weighted by molar-refractivity contribution is 5.92. The lowest BCUT2D eigenvalue weighted by Gasteiger charge is -2.19. The normalized spacial score (nSPS) is 15.7. The van der Waals surface area contributed by atoms with Crippen LogP contribution in [0.2, 0.25) is 0 Å². The number of carbonyl (C=O) groups excluding carboxylic acids is 1. The van der Waals surface area contributed by atoms with Gasteiger partial charge in [-0.2, -0.15) is 0 Å². The van der Waals surface area contributed by atoms with Crippen molar-refractivity contribution in [3.05, 3.63) is 48.3 Å². The van der Waals surface area contributed by atoms with Gasteiger partial charge >= 0.3 is 0 Å². The zero-order valence-electron chi connectivity index (χ0n) is 14.1. The number of aromatic amines is 1. The quantitative estimate of drug-likeness (QED) is 0.762. The average Bonchev–Trinajstić information content (AvgIpc) is 2.98. The molecule has 0 saturated carbocycles. The van der Waals surface area contributed by atoms with Crippen LogP contribution in [0.4, 0.5) is 11.4 Å². The number of likely N-dealkylation sites (tertiary alicyclic amines) is 1. The van der Waals surface area contributed by atoms with Crippen LogP contribution in [-0.2, 0) is 11.3 Å². The van der Waals surface area contributed by atoms with Crippen molar-refractivity contribution in [2.45, 2.75) is 32.2 Å². The topological polar surface area (TPSA) is 60.2 Å². The van der Waals surface area contributed by atoms with Gasteiger partial charge in [-0.15, -0.1) is 0 Å². The first-order valence-corrected chi connectivity index (χ1v) is 8.77. The van der Waals surface area contributed by atoms with E-state index in [0.717, 1.165) is 31.0 Å². The number of hydrogen-bond acceptors (Lipinski definition) is 3. The number of benzene rings is 1. The highest BCUT2D eigenvalue weighted by Gasteiger charge is 2.12. The van der Waals surface area contributed by atoms with E-state index in [0.29, 0.717) is 6.54 Å². The zero-order valence-corrected chi connectivity index (χ0v) is 14.1. The molecule has 0 radical (unpaired) electrons. The van der Waals surface area contributed by atoms with E-state index in [4.69, 9.17) is 0 Å². The van der Waals surface area contributed by atoms with Gasteiger partial charge in [0.25, 0.3) is 0 Å². The molecule has 0 spiro atoms. The van der Waals surface area contributed by atoms with Crippen LogP contribution in [0.15, 0.2) is 42.7 Å². The van der Waals surface area contributed by atoms with Crippen molar-refractivity contribution in [2.24, 2.45) is 0 Å². The van der Waals surface area contributed by atoms with E-state index in [-0.39, 0.29) is 5.91 Å². The Labute approximate surface area is 143 Å². The molecule has 1 aromatic carbocycles. The van der Waals surface area contributed by atoms with Crippen LogP contribution in [-0.4, -0.2) is 35.4 Å². The molecule has 3 rings (SSSR count). The van der Waals surface area contributed by atoms with E-state index >= 15 is 0 Å². The third-order valence-corrected chi connectivity index (χ3v) is 4.39. The van der Waals surface area contributed by atoms with E-state index < -0.39 is 0 Å². The van der Waals surface area contributed by atoms with Gasteiger partial charge in [0, 0.05) is 30.3 Å². The predicted molar refractivity (Wildman–Crippen MR) is 98.1 cm³/mol. The standard InChI is InChI=1S/C19H26N4O/c24-19(15-23-11-3-1-2-4-12-23)22-18-7-5-17(6-8-18)21-14-16-9-10-20-13-16/h5-10,13,20-21H,1-4,11-12,14-15H2,(H,22,24). The van der Waals surface area contributed by atoms with Crippen molar-refractivity contribution >= 4 is 17.3 Å². The molecule has 0 unspecified atom stereocenters. The molecular weight excluding hydrogens is 300 g/mol. The minimum Gasteiger partial charge on any atom is -0.381 e. The smallest absolute Gasteiger partial charge is 0.238 e.